The number of hydrogen-bond donors (Lipinski definition) is 2. The average molecular weight is 438 g/mol. The first-order valence-electron chi connectivity index (χ1n) is 10.6. The topological polar surface area (TPSA) is 98.0 Å². The number of alkyl halides is 3. The van der Waals surface area contributed by atoms with E-state index in [0.29, 0.717) is 24.2 Å². The number of nitrogens with one attached hydrogen (secondary N) is 2. The van der Waals surface area contributed by atoms with Crippen LogP contribution < -0.4 is 0 Å². The largest absolute Gasteiger partial charge is 0.432 e. The number of H-pyrrole nitrogens is 2. The lowest BCUT2D eigenvalue weighted by Gasteiger charge is -2.32. The number of carbonyl (C=O) groups is 2. The Labute approximate surface area is 177 Å². The van der Waals surface area contributed by atoms with Crippen LogP contribution in [0.1, 0.15) is 76.7 Å². The van der Waals surface area contributed by atoms with Gasteiger partial charge in [-0.1, -0.05) is 12.8 Å². The second-order valence-electron chi connectivity index (χ2n) is 8.16. The van der Waals surface area contributed by atoms with Gasteiger partial charge in [-0.05, 0) is 25.7 Å². The highest BCUT2D eigenvalue weighted by Gasteiger charge is 2.36. The SMILES string of the molecule is O=C(c1cc(C(F)(F)F)[nH]n1)N1CCCC(c2[nH]ncc2C(=O)N2CCCCCC2)C1. The van der Waals surface area contributed by atoms with Crippen molar-refractivity contribution in [3.8, 4) is 0 Å². The van der Waals surface area contributed by atoms with Crippen LogP contribution in [0.2, 0.25) is 0 Å². The standard InChI is InChI=1S/C20H25F3N6O2/c21-20(22,23)16-10-15(25-26-16)19(31)29-9-5-6-13(12-29)17-14(11-24-27-17)18(30)28-7-3-1-2-4-8-28/h10-11,13H,1-9,12H2,(H,24,27)(H,25,26). The lowest BCUT2D eigenvalue weighted by Crippen LogP contribution is -2.40. The number of carbonyl (C=O) groups excluding carboxylic acids is 2. The Morgan fingerprint density at radius 2 is 1.68 bits per heavy atom. The van der Waals surface area contributed by atoms with Crippen molar-refractivity contribution in [3.63, 3.8) is 0 Å². The normalized spacial score (nSPS) is 20.5. The van der Waals surface area contributed by atoms with E-state index in [-0.39, 0.29) is 24.1 Å². The molecule has 2 aliphatic rings. The van der Waals surface area contributed by atoms with Crippen molar-refractivity contribution in [1.29, 1.82) is 0 Å². The Bertz CT molecular complexity index is 929. The maximum Gasteiger partial charge on any atom is 0.432 e. The molecule has 0 spiro atoms. The number of hydrogen-bond acceptors (Lipinski definition) is 4. The lowest BCUT2D eigenvalue weighted by atomic mass is 9.92. The van der Waals surface area contributed by atoms with Crippen molar-refractivity contribution in [2.24, 2.45) is 0 Å². The van der Waals surface area contributed by atoms with Gasteiger partial charge in [0, 0.05) is 38.2 Å². The smallest absolute Gasteiger partial charge is 0.339 e. The quantitative estimate of drug-likeness (QED) is 0.769. The minimum absolute atomic E-state index is 0.0591. The van der Waals surface area contributed by atoms with E-state index < -0.39 is 17.8 Å². The Balaban J connectivity index is 1.48. The summed E-state index contributed by atoms with van der Waals surface area (Å²) in [6, 6.07) is 0.733. The van der Waals surface area contributed by atoms with Crippen LogP contribution in [0.15, 0.2) is 12.3 Å². The highest BCUT2D eigenvalue weighted by molar-refractivity contribution is 5.95. The molecule has 168 valence electrons. The number of halogens is 3. The fourth-order valence-electron chi connectivity index (χ4n) is 4.36. The van der Waals surface area contributed by atoms with Gasteiger partial charge in [-0.15, -0.1) is 0 Å². The van der Waals surface area contributed by atoms with E-state index in [1.165, 1.54) is 11.1 Å². The summed E-state index contributed by atoms with van der Waals surface area (Å²) in [7, 11) is 0. The zero-order valence-electron chi connectivity index (χ0n) is 17.0. The first-order chi connectivity index (χ1) is 14.8. The van der Waals surface area contributed by atoms with Crippen LogP contribution in [0.5, 0.6) is 0 Å². The number of aromatic nitrogens is 4. The summed E-state index contributed by atoms with van der Waals surface area (Å²) < 4.78 is 38.4. The average Bonchev–Trinajstić information content (AvgIpc) is 3.37. The summed E-state index contributed by atoms with van der Waals surface area (Å²) in [6.45, 7) is 2.15. The molecule has 8 nitrogen and oxygen atoms in total. The fraction of sp³-hybridized carbons (Fsp3) is 0.600. The molecule has 2 amide bonds. The first-order valence-corrected chi connectivity index (χ1v) is 10.6. The van der Waals surface area contributed by atoms with Gasteiger partial charge in [-0.25, -0.2) is 0 Å². The Morgan fingerprint density at radius 3 is 2.35 bits per heavy atom. The van der Waals surface area contributed by atoms with Crippen molar-refractivity contribution in [2.45, 2.75) is 50.6 Å². The van der Waals surface area contributed by atoms with Crippen LogP contribution in [0.4, 0.5) is 13.2 Å². The molecule has 0 bridgehead atoms. The number of nitrogens with zero attached hydrogens (tertiary/aromatic N) is 4. The number of rotatable bonds is 3. The van der Waals surface area contributed by atoms with Crippen molar-refractivity contribution in [3.05, 3.63) is 34.9 Å². The molecule has 0 aliphatic carbocycles. The summed E-state index contributed by atoms with van der Waals surface area (Å²) >= 11 is 0. The molecular formula is C20H25F3N6O2. The predicted octanol–water partition coefficient (Wildman–Crippen LogP) is 3.19. The number of amides is 2. The molecule has 4 rings (SSSR count). The minimum Gasteiger partial charge on any atom is -0.339 e. The molecule has 1 unspecified atom stereocenters. The first kappa shape index (κ1) is 21.4. The maximum absolute atomic E-state index is 13.1. The highest BCUT2D eigenvalue weighted by Crippen LogP contribution is 2.31. The van der Waals surface area contributed by atoms with Gasteiger partial charge in [0.2, 0.25) is 0 Å². The molecular weight excluding hydrogens is 413 g/mol. The van der Waals surface area contributed by atoms with Gasteiger partial charge in [0.05, 0.1) is 17.5 Å². The van der Waals surface area contributed by atoms with Crippen LogP contribution in [0, 0.1) is 0 Å². The van der Waals surface area contributed by atoms with Gasteiger partial charge in [0.15, 0.2) is 5.69 Å². The minimum atomic E-state index is -4.59. The molecule has 2 aliphatic heterocycles. The molecule has 0 aromatic carbocycles. The Kier molecular flexibility index (Phi) is 6.01. The van der Waals surface area contributed by atoms with Gasteiger partial charge < -0.3 is 9.80 Å². The monoisotopic (exact) mass is 438 g/mol. The summed E-state index contributed by atoms with van der Waals surface area (Å²) in [5.74, 6) is -0.764. The maximum atomic E-state index is 13.1. The molecule has 4 heterocycles. The fourth-order valence-corrected chi connectivity index (χ4v) is 4.36. The predicted molar refractivity (Wildman–Crippen MR) is 104 cm³/mol. The van der Waals surface area contributed by atoms with E-state index in [0.717, 1.165) is 51.3 Å². The van der Waals surface area contributed by atoms with E-state index in [4.69, 9.17) is 0 Å². The van der Waals surface area contributed by atoms with E-state index in [1.54, 1.807) is 0 Å². The Hall–Kier alpha value is -2.85. The number of likely N-dealkylation sites (tertiary alicyclic amines) is 2. The third kappa shape index (κ3) is 4.59. The molecule has 2 fully saturated rings. The van der Waals surface area contributed by atoms with E-state index in [2.05, 4.69) is 15.3 Å². The van der Waals surface area contributed by atoms with Crippen molar-refractivity contribution in [2.75, 3.05) is 26.2 Å². The summed E-state index contributed by atoms with van der Waals surface area (Å²) in [6.07, 6.45) is 2.56. The molecule has 11 heteroatoms. The van der Waals surface area contributed by atoms with Crippen molar-refractivity contribution < 1.29 is 22.8 Å². The number of piperidine rings is 1. The molecule has 31 heavy (non-hydrogen) atoms. The molecule has 2 aromatic heterocycles. The van der Waals surface area contributed by atoms with E-state index in [9.17, 15) is 22.8 Å². The molecule has 2 N–H and O–H groups in total. The van der Waals surface area contributed by atoms with Crippen molar-refractivity contribution >= 4 is 11.8 Å². The molecule has 2 aromatic rings. The van der Waals surface area contributed by atoms with E-state index in [1.807, 2.05) is 10.00 Å². The van der Waals surface area contributed by atoms with Crippen LogP contribution in [0.3, 0.4) is 0 Å². The zero-order chi connectivity index (χ0) is 22.0. The van der Waals surface area contributed by atoms with Crippen LogP contribution in [-0.4, -0.2) is 68.2 Å². The molecule has 2 saturated heterocycles. The summed E-state index contributed by atoms with van der Waals surface area (Å²) in [4.78, 5) is 29.2. The summed E-state index contributed by atoms with van der Waals surface area (Å²) in [5.41, 5.74) is -0.119. The third-order valence-electron chi connectivity index (χ3n) is 6.01. The van der Waals surface area contributed by atoms with Gasteiger partial charge in [0.1, 0.15) is 5.69 Å². The zero-order valence-corrected chi connectivity index (χ0v) is 17.0. The van der Waals surface area contributed by atoms with Gasteiger partial charge in [-0.3, -0.25) is 19.8 Å². The van der Waals surface area contributed by atoms with Crippen molar-refractivity contribution in [1.82, 2.24) is 30.2 Å². The second kappa shape index (κ2) is 8.72. The third-order valence-corrected chi connectivity index (χ3v) is 6.01. The van der Waals surface area contributed by atoms with Gasteiger partial charge >= 0.3 is 6.18 Å². The van der Waals surface area contributed by atoms with Crippen LogP contribution in [-0.2, 0) is 6.18 Å². The highest BCUT2D eigenvalue weighted by atomic mass is 19.4. The molecule has 0 saturated carbocycles. The Morgan fingerprint density at radius 1 is 0.968 bits per heavy atom. The number of aromatic amines is 2. The van der Waals surface area contributed by atoms with Crippen LogP contribution in [0.25, 0.3) is 0 Å². The molecule has 1 atom stereocenters. The lowest BCUT2D eigenvalue weighted by molar-refractivity contribution is -0.141. The molecule has 0 radical (unpaired) electrons. The van der Waals surface area contributed by atoms with Gasteiger partial charge in [-0.2, -0.15) is 23.4 Å². The van der Waals surface area contributed by atoms with Gasteiger partial charge in [0.25, 0.3) is 11.8 Å². The summed E-state index contributed by atoms with van der Waals surface area (Å²) in [5, 5.41) is 12.4. The second-order valence-corrected chi connectivity index (χ2v) is 8.16. The van der Waals surface area contributed by atoms with Crippen LogP contribution >= 0.6 is 0 Å². The van der Waals surface area contributed by atoms with E-state index >= 15 is 0 Å².